The molecule has 3 N–H and O–H groups in total. The highest BCUT2D eigenvalue weighted by atomic mass is 16.3. The molecule has 1 aromatic heterocycles. The third-order valence-corrected chi connectivity index (χ3v) is 2.74. The lowest BCUT2D eigenvalue weighted by Gasteiger charge is -2.12. The maximum absolute atomic E-state index is 11.9. The summed E-state index contributed by atoms with van der Waals surface area (Å²) < 4.78 is 4.87. The number of hydrogen-bond acceptors (Lipinski definition) is 3. The second-order valence-electron chi connectivity index (χ2n) is 3.94. The van der Waals surface area contributed by atoms with Gasteiger partial charge in [0.1, 0.15) is 6.26 Å². The fraction of sp³-hybridized carbons (Fsp3) is 0.154. The van der Waals surface area contributed by atoms with Crippen LogP contribution >= 0.6 is 0 Å². The molecule has 4 nitrogen and oxygen atoms in total. The van der Waals surface area contributed by atoms with Gasteiger partial charge in [0.05, 0.1) is 11.8 Å². The van der Waals surface area contributed by atoms with Gasteiger partial charge in [-0.15, -0.1) is 0 Å². The Bertz CT molecular complexity index is 545. The molecule has 1 amide bonds. The first-order valence-electron chi connectivity index (χ1n) is 5.29. The summed E-state index contributed by atoms with van der Waals surface area (Å²) in [7, 11) is 0. The fourth-order valence-corrected chi connectivity index (χ4v) is 1.63. The number of aryl methyl sites for hydroxylation is 1. The molecule has 0 spiro atoms. The summed E-state index contributed by atoms with van der Waals surface area (Å²) in [5.41, 5.74) is 9.59. The molecule has 0 bridgehead atoms. The van der Waals surface area contributed by atoms with E-state index in [0.29, 0.717) is 11.3 Å². The van der Waals surface area contributed by atoms with Crippen LogP contribution in [0.3, 0.4) is 0 Å². The number of anilines is 2. The van der Waals surface area contributed by atoms with Crippen molar-refractivity contribution in [3.63, 3.8) is 0 Å². The van der Waals surface area contributed by atoms with Crippen molar-refractivity contribution in [2.75, 3.05) is 11.1 Å². The lowest BCUT2D eigenvalue weighted by Crippen LogP contribution is -2.13. The lowest BCUT2D eigenvalue weighted by atomic mass is 10.1. The number of nitrogen functional groups attached to an aromatic ring is 1. The Balaban J connectivity index is 2.31. The summed E-state index contributed by atoms with van der Waals surface area (Å²) in [5, 5.41) is 2.84. The summed E-state index contributed by atoms with van der Waals surface area (Å²) in [6.45, 7) is 3.81. The number of carbonyl (C=O) groups excluding carboxylic acids is 1. The van der Waals surface area contributed by atoms with Crippen molar-refractivity contribution in [2.24, 2.45) is 0 Å². The van der Waals surface area contributed by atoms with E-state index >= 15 is 0 Å². The maximum atomic E-state index is 11.9. The van der Waals surface area contributed by atoms with Crippen LogP contribution in [0.25, 0.3) is 0 Å². The Morgan fingerprint density at radius 1 is 1.29 bits per heavy atom. The molecule has 17 heavy (non-hydrogen) atoms. The average molecular weight is 230 g/mol. The van der Waals surface area contributed by atoms with Gasteiger partial charge in [-0.1, -0.05) is 6.07 Å². The minimum absolute atomic E-state index is 0.199. The van der Waals surface area contributed by atoms with E-state index < -0.39 is 0 Å². The van der Waals surface area contributed by atoms with Crippen LogP contribution < -0.4 is 11.1 Å². The number of benzene rings is 1. The zero-order valence-electron chi connectivity index (χ0n) is 9.78. The van der Waals surface area contributed by atoms with Crippen molar-refractivity contribution in [1.29, 1.82) is 0 Å². The number of amides is 1. The van der Waals surface area contributed by atoms with Crippen molar-refractivity contribution in [1.82, 2.24) is 0 Å². The van der Waals surface area contributed by atoms with Gasteiger partial charge in [-0.05, 0) is 37.1 Å². The van der Waals surface area contributed by atoms with Gasteiger partial charge in [0.15, 0.2) is 0 Å². The summed E-state index contributed by atoms with van der Waals surface area (Å²) in [4.78, 5) is 11.9. The topological polar surface area (TPSA) is 68.3 Å². The van der Waals surface area contributed by atoms with Crippen LogP contribution in [0.5, 0.6) is 0 Å². The first-order chi connectivity index (χ1) is 8.09. The van der Waals surface area contributed by atoms with Crippen LogP contribution in [0.4, 0.5) is 11.4 Å². The Morgan fingerprint density at radius 2 is 2.06 bits per heavy atom. The molecule has 0 aliphatic rings. The molecule has 0 radical (unpaired) electrons. The highest BCUT2D eigenvalue weighted by Crippen LogP contribution is 2.25. The molecule has 0 aliphatic carbocycles. The largest absolute Gasteiger partial charge is 0.472 e. The van der Waals surface area contributed by atoms with E-state index in [0.717, 1.165) is 16.8 Å². The van der Waals surface area contributed by atoms with Gasteiger partial charge < -0.3 is 15.5 Å². The highest BCUT2D eigenvalue weighted by Gasteiger charge is 2.11. The second-order valence-corrected chi connectivity index (χ2v) is 3.94. The van der Waals surface area contributed by atoms with Crippen LogP contribution in [-0.4, -0.2) is 5.91 Å². The monoisotopic (exact) mass is 230 g/mol. The smallest absolute Gasteiger partial charge is 0.258 e. The normalized spacial score (nSPS) is 10.2. The molecule has 0 fully saturated rings. The molecule has 0 aliphatic heterocycles. The quantitative estimate of drug-likeness (QED) is 0.779. The highest BCUT2D eigenvalue weighted by molar-refractivity contribution is 6.05. The molecule has 0 unspecified atom stereocenters. The predicted octanol–water partition coefficient (Wildman–Crippen LogP) is 2.73. The number of nitrogens with two attached hydrogens (primary N) is 1. The van der Waals surface area contributed by atoms with Gasteiger partial charge in [0.2, 0.25) is 0 Å². The van der Waals surface area contributed by atoms with Crippen molar-refractivity contribution < 1.29 is 9.21 Å². The van der Waals surface area contributed by atoms with Gasteiger partial charge >= 0.3 is 0 Å². The minimum atomic E-state index is -0.199. The van der Waals surface area contributed by atoms with Crippen LogP contribution in [0.15, 0.2) is 35.1 Å². The summed E-state index contributed by atoms with van der Waals surface area (Å²) in [5.74, 6) is -0.199. The summed E-state index contributed by atoms with van der Waals surface area (Å²) in [6, 6.07) is 5.33. The zero-order chi connectivity index (χ0) is 12.4. The van der Waals surface area contributed by atoms with E-state index in [-0.39, 0.29) is 5.91 Å². The first kappa shape index (κ1) is 11.3. The average Bonchev–Trinajstić information content (AvgIpc) is 2.83. The van der Waals surface area contributed by atoms with Crippen LogP contribution in [0, 0.1) is 13.8 Å². The van der Waals surface area contributed by atoms with E-state index in [2.05, 4.69) is 5.32 Å². The summed E-state index contributed by atoms with van der Waals surface area (Å²) in [6.07, 6.45) is 2.88. The Morgan fingerprint density at radius 3 is 2.71 bits per heavy atom. The van der Waals surface area contributed by atoms with Crippen LogP contribution in [0.1, 0.15) is 21.5 Å². The Kier molecular flexibility index (Phi) is 2.87. The van der Waals surface area contributed by atoms with Crippen molar-refractivity contribution in [3.8, 4) is 0 Å². The third-order valence-electron chi connectivity index (χ3n) is 2.74. The summed E-state index contributed by atoms with van der Waals surface area (Å²) >= 11 is 0. The van der Waals surface area contributed by atoms with Crippen molar-refractivity contribution in [2.45, 2.75) is 13.8 Å². The van der Waals surface area contributed by atoms with Gasteiger partial charge in [-0.2, -0.15) is 0 Å². The fourth-order valence-electron chi connectivity index (χ4n) is 1.63. The molecule has 1 heterocycles. The van der Waals surface area contributed by atoms with Gasteiger partial charge in [0.25, 0.3) is 5.91 Å². The second kappa shape index (κ2) is 4.33. The van der Waals surface area contributed by atoms with Crippen LogP contribution in [0.2, 0.25) is 0 Å². The van der Waals surface area contributed by atoms with Crippen molar-refractivity contribution in [3.05, 3.63) is 47.4 Å². The minimum Gasteiger partial charge on any atom is -0.472 e. The van der Waals surface area contributed by atoms with Gasteiger partial charge in [-0.3, -0.25) is 4.79 Å². The standard InChI is InChI=1S/C13H14N2O2/c1-8-3-4-11(14)9(2)12(8)15-13(16)10-5-6-17-7-10/h3-7H,14H2,1-2H3,(H,15,16). The molecular formula is C13H14N2O2. The molecular weight excluding hydrogens is 216 g/mol. The Hall–Kier alpha value is -2.23. The van der Waals surface area contributed by atoms with E-state index in [4.69, 9.17) is 10.2 Å². The molecule has 0 saturated heterocycles. The molecule has 0 atom stereocenters. The van der Waals surface area contributed by atoms with Gasteiger partial charge in [0, 0.05) is 11.4 Å². The van der Waals surface area contributed by atoms with Crippen LogP contribution in [-0.2, 0) is 0 Å². The lowest BCUT2D eigenvalue weighted by molar-refractivity contribution is 0.102. The molecule has 2 aromatic rings. The van der Waals surface area contributed by atoms with E-state index in [1.165, 1.54) is 12.5 Å². The number of nitrogens with one attached hydrogen (secondary N) is 1. The Labute approximate surface area is 99.4 Å². The van der Waals surface area contributed by atoms with Gasteiger partial charge in [-0.25, -0.2) is 0 Å². The maximum Gasteiger partial charge on any atom is 0.258 e. The van der Waals surface area contributed by atoms with Crippen molar-refractivity contribution >= 4 is 17.3 Å². The molecule has 88 valence electrons. The number of carbonyl (C=O) groups is 1. The zero-order valence-corrected chi connectivity index (χ0v) is 9.78. The SMILES string of the molecule is Cc1ccc(N)c(C)c1NC(=O)c1ccoc1. The molecule has 1 aromatic carbocycles. The predicted molar refractivity (Wildman–Crippen MR) is 67.0 cm³/mol. The molecule has 4 heteroatoms. The molecule has 0 saturated carbocycles. The third kappa shape index (κ3) is 2.15. The number of furan rings is 1. The van der Waals surface area contributed by atoms with E-state index in [9.17, 15) is 4.79 Å². The molecule has 2 rings (SSSR count). The number of rotatable bonds is 2. The number of hydrogen-bond donors (Lipinski definition) is 2. The van der Waals surface area contributed by atoms with E-state index in [1.807, 2.05) is 26.0 Å². The first-order valence-corrected chi connectivity index (χ1v) is 5.29. The van der Waals surface area contributed by atoms with E-state index in [1.54, 1.807) is 6.07 Å².